The Kier molecular flexibility index (Phi) is 6.30. The Morgan fingerprint density at radius 1 is 0.971 bits per heavy atom. The highest BCUT2D eigenvalue weighted by atomic mass is 32.2. The predicted molar refractivity (Wildman–Crippen MR) is 135 cm³/mol. The van der Waals surface area contributed by atoms with Crippen LogP contribution < -0.4 is 0 Å². The van der Waals surface area contributed by atoms with Gasteiger partial charge in [0.05, 0.1) is 16.6 Å². The van der Waals surface area contributed by atoms with Crippen LogP contribution in [0.4, 0.5) is 0 Å². The summed E-state index contributed by atoms with van der Waals surface area (Å²) < 4.78 is -1.38. The zero-order valence-electron chi connectivity index (χ0n) is 20.3. The van der Waals surface area contributed by atoms with Gasteiger partial charge in [-0.2, -0.15) is 0 Å². The zero-order valence-corrected chi connectivity index (χ0v) is 21.1. The molecule has 0 saturated carbocycles. The number of aliphatic hydroxyl groups is 1. The maximum absolute atomic E-state index is 14.2. The lowest BCUT2D eigenvalue weighted by Crippen LogP contribution is -2.53. The third kappa shape index (κ3) is 3.82. The van der Waals surface area contributed by atoms with Gasteiger partial charge in [0.15, 0.2) is 0 Å². The fraction of sp³-hybridized carbons (Fsp3) is 0.519. The molecule has 4 heterocycles. The molecule has 2 saturated heterocycles. The highest BCUT2D eigenvalue weighted by Crippen LogP contribution is 2.65. The van der Waals surface area contributed by atoms with Crippen LogP contribution in [0, 0.1) is 11.8 Å². The number of likely N-dealkylation sites (N-methyl/N-ethyl adjacent to an activating group) is 1. The largest absolute Gasteiger partial charge is 0.396 e. The number of hydrogen-bond donors (Lipinski definition) is 1. The van der Waals surface area contributed by atoms with Gasteiger partial charge >= 0.3 is 0 Å². The van der Waals surface area contributed by atoms with E-state index in [0.717, 1.165) is 5.56 Å². The molecule has 2 fully saturated rings. The van der Waals surface area contributed by atoms with Crippen molar-refractivity contribution in [2.75, 3.05) is 33.3 Å². The molecule has 1 spiro atoms. The van der Waals surface area contributed by atoms with E-state index in [4.69, 9.17) is 0 Å². The second-order valence-electron chi connectivity index (χ2n) is 10.2. The van der Waals surface area contributed by atoms with Crippen LogP contribution in [-0.4, -0.2) is 86.4 Å². The lowest BCUT2D eigenvalue weighted by molar-refractivity contribution is -0.144. The minimum atomic E-state index is -0.809. The van der Waals surface area contributed by atoms with Crippen LogP contribution in [0.2, 0.25) is 0 Å². The van der Waals surface area contributed by atoms with Gasteiger partial charge in [0.25, 0.3) is 0 Å². The van der Waals surface area contributed by atoms with Gasteiger partial charge in [0, 0.05) is 44.6 Å². The normalized spacial score (nSPS) is 34.1. The van der Waals surface area contributed by atoms with Gasteiger partial charge in [-0.25, -0.2) is 0 Å². The molecule has 1 aromatic carbocycles. The average molecular weight is 496 g/mol. The molecule has 3 amide bonds. The first-order chi connectivity index (χ1) is 16.8. The second kappa shape index (κ2) is 9.13. The van der Waals surface area contributed by atoms with Crippen molar-refractivity contribution in [3.05, 3.63) is 60.2 Å². The molecule has 5 atom stereocenters. The third-order valence-corrected chi connectivity index (χ3v) is 9.66. The van der Waals surface area contributed by atoms with Crippen LogP contribution in [0.25, 0.3) is 0 Å². The van der Waals surface area contributed by atoms with E-state index >= 15 is 0 Å². The Hall–Kier alpha value is -2.58. The Morgan fingerprint density at radius 2 is 1.71 bits per heavy atom. The third-order valence-electron chi connectivity index (χ3n) is 7.87. The van der Waals surface area contributed by atoms with Gasteiger partial charge in [-0.05, 0) is 25.3 Å². The van der Waals surface area contributed by atoms with E-state index < -0.39 is 27.4 Å². The molecule has 1 unspecified atom stereocenters. The lowest BCUT2D eigenvalue weighted by atomic mass is 9.74. The number of aliphatic hydroxyl groups excluding tert-OH is 1. The van der Waals surface area contributed by atoms with Crippen molar-refractivity contribution in [3.8, 4) is 0 Å². The molecule has 0 aromatic heterocycles. The van der Waals surface area contributed by atoms with Gasteiger partial charge in [-0.15, -0.1) is 11.8 Å². The fourth-order valence-corrected chi connectivity index (χ4v) is 8.43. The van der Waals surface area contributed by atoms with E-state index in [2.05, 4.69) is 12.2 Å². The number of carbonyl (C=O) groups is 3. The maximum Gasteiger partial charge on any atom is 0.247 e. The summed E-state index contributed by atoms with van der Waals surface area (Å²) in [4.78, 5) is 47.1. The Bertz CT molecular complexity index is 1080. The van der Waals surface area contributed by atoms with E-state index in [9.17, 15) is 19.5 Å². The van der Waals surface area contributed by atoms with Crippen molar-refractivity contribution in [2.45, 2.75) is 41.8 Å². The van der Waals surface area contributed by atoms with Crippen LogP contribution in [0.15, 0.2) is 54.6 Å². The minimum Gasteiger partial charge on any atom is -0.396 e. The van der Waals surface area contributed by atoms with Crippen LogP contribution in [0.1, 0.15) is 25.3 Å². The molecule has 4 aliphatic heterocycles. The molecule has 4 aliphatic rings. The number of rotatable bonds is 6. The Morgan fingerprint density at radius 3 is 2.46 bits per heavy atom. The first-order valence-corrected chi connectivity index (χ1v) is 13.2. The van der Waals surface area contributed by atoms with Gasteiger partial charge in [-0.1, -0.05) is 54.6 Å². The summed E-state index contributed by atoms with van der Waals surface area (Å²) in [6.45, 7) is 3.91. The quantitative estimate of drug-likeness (QED) is 0.483. The number of fused-ring (bicyclic) bond motifs is 2. The molecule has 0 aliphatic carbocycles. The molecule has 186 valence electrons. The monoisotopic (exact) mass is 495 g/mol. The smallest absolute Gasteiger partial charge is 0.247 e. The van der Waals surface area contributed by atoms with Crippen molar-refractivity contribution in [2.24, 2.45) is 11.8 Å². The molecule has 1 aromatic rings. The molecular weight excluding hydrogens is 462 g/mol. The van der Waals surface area contributed by atoms with Gasteiger partial charge in [-0.3, -0.25) is 14.4 Å². The number of likely N-dealkylation sites (tertiary alicyclic amines) is 1. The molecular formula is C27H33N3O4S. The topological polar surface area (TPSA) is 81.2 Å². The number of benzene rings is 1. The lowest BCUT2D eigenvalue weighted by Gasteiger charge is -2.37. The SMILES string of the molecule is CN1CC=C[C@]2(C)S[C@]34C=CCN(Cc5ccccc5)C(=O)C3N(CCCCO)C(=O)[C@@H]4[C@@H]2C1=O. The summed E-state index contributed by atoms with van der Waals surface area (Å²) in [7, 11) is 1.78. The summed E-state index contributed by atoms with van der Waals surface area (Å²) in [6, 6.07) is 9.20. The van der Waals surface area contributed by atoms with E-state index in [1.165, 1.54) is 0 Å². The molecule has 35 heavy (non-hydrogen) atoms. The van der Waals surface area contributed by atoms with Crippen LogP contribution in [-0.2, 0) is 20.9 Å². The second-order valence-corrected chi connectivity index (χ2v) is 12.0. The van der Waals surface area contributed by atoms with Gasteiger partial charge < -0.3 is 19.8 Å². The molecule has 8 heteroatoms. The standard InChI is InChI=1S/C27H33N3O4S/c1-26-12-8-14-28(2)23(32)20(26)21-24(33)30(16-6-7-17-31)22-25(34)29(15-9-13-27(21,22)35-26)18-19-10-4-3-5-11-19/h3-5,8-13,20-22,31H,6-7,14-18H2,1-2H3/t20-,21+,22?,26+,27+/m1/s1. The van der Waals surface area contributed by atoms with Crippen molar-refractivity contribution in [1.82, 2.24) is 14.7 Å². The van der Waals surface area contributed by atoms with Crippen LogP contribution in [0.3, 0.4) is 0 Å². The summed E-state index contributed by atoms with van der Waals surface area (Å²) in [5, 5.41) is 9.33. The first kappa shape index (κ1) is 24.1. The summed E-state index contributed by atoms with van der Waals surface area (Å²) in [6.07, 6.45) is 9.31. The molecule has 1 N–H and O–H groups in total. The van der Waals surface area contributed by atoms with Crippen molar-refractivity contribution >= 4 is 29.5 Å². The van der Waals surface area contributed by atoms with E-state index in [1.807, 2.05) is 54.3 Å². The van der Waals surface area contributed by atoms with E-state index in [-0.39, 0.29) is 24.3 Å². The predicted octanol–water partition coefficient (Wildman–Crippen LogP) is 2.07. The molecule has 0 radical (unpaired) electrons. The van der Waals surface area contributed by atoms with E-state index in [0.29, 0.717) is 39.0 Å². The summed E-state index contributed by atoms with van der Waals surface area (Å²) in [5.74, 6) is -1.37. The number of carbonyl (C=O) groups excluding carboxylic acids is 3. The summed E-state index contributed by atoms with van der Waals surface area (Å²) in [5.41, 5.74) is 1.04. The molecule has 5 rings (SSSR count). The van der Waals surface area contributed by atoms with Crippen molar-refractivity contribution in [3.63, 3.8) is 0 Å². The zero-order chi connectivity index (χ0) is 24.8. The van der Waals surface area contributed by atoms with Crippen molar-refractivity contribution in [1.29, 1.82) is 0 Å². The Balaban J connectivity index is 1.57. The van der Waals surface area contributed by atoms with E-state index in [1.54, 1.807) is 28.6 Å². The Labute approximate surface area is 210 Å². The van der Waals surface area contributed by atoms with Crippen LogP contribution >= 0.6 is 11.8 Å². The van der Waals surface area contributed by atoms with Crippen LogP contribution in [0.5, 0.6) is 0 Å². The first-order valence-electron chi connectivity index (χ1n) is 12.4. The average Bonchev–Trinajstić information content (AvgIpc) is 3.12. The number of amides is 3. The number of hydrogen-bond acceptors (Lipinski definition) is 5. The minimum absolute atomic E-state index is 0.0394. The maximum atomic E-state index is 14.2. The summed E-state index contributed by atoms with van der Waals surface area (Å²) >= 11 is 1.61. The highest BCUT2D eigenvalue weighted by Gasteiger charge is 2.73. The number of unbranched alkanes of at least 4 members (excludes halogenated alkanes) is 1. The molecule has 7 nitrogen and oxygen atoms in total. The number of nitrogens with zero attached hydrogens (tertiary/aromatic N) is 3. The number of thioether (sulfide) groups is 1. The fourth-order valence-electron chi connectivity index (χ4n) is 6.27. The van der Waals surface area contributed by atoms with Crippen molar-refractivity contribution < 1.29 is 19.5 Å². The van der Waals surface area contributed by atoms with Gasteiger partial charge in [0.1, 0.15) is 6.04 Å². The van der Waals surface area contributed by atoms with Gasteiger partial charge in [0.2, 0.25) is 17.7 Å². The molecule has 0 bridgehead atoms. The highest BCUT2D eigenvalue weighted by molar-refractivity contribution is 8.02.